The molecule has 1 aromatic heterocycles. The number of pyridine rings is 1. The van der Waals surface area contributed by atoms with Crippen molar-refractivity contribution in [3.63, 3.8) is 0 Å². The fourth-order valence-corrected chi connectivity index (χ4v) is 1.66. The normalized spacial score (nSPS) is 9.56. The highest BCUT2D eigenvalue weighted by atomic mass is 16.5. The molecule has 1 N–H and O–H groups in total. The molecule has 1 heterocycles. The lowest BCUT2D eigenvalue weighted by Gasteiger charge is -2.09. The average molecular weight is 238 g/mol. The molecule has 2 rings (SSSR count). The van der Waals surface area contributed by atoms with Crippen LogP contribution >= 0.6 is 0 Å². The summed E-state index contributed by atoms with van der Waals surface area (Å²) in [6, 6.07) is 11.6. The molecule has 0 atom stereocenters. The Hall–Kier alpha value is -2.47. The Morgan fingerprint density at radius 2 is 2.22 bits per heavy atom. The van der Waals surface area contributed by atoms with Crippen LogP contribution in [0.1, 0.15) is 11.1 Å². The van der Waals surface area contributed by atoms with Gasteiger partial charge in [0, 0.05) is 29.6 Å². The van der Waals surface area contributed by atoms with E-state index in [-0.39, 0.29) is 0 Å². The SMILES string of the molecule is C#Cc1cccc(NCc2cccnc2OC)c1. The molecule has 3 heteroatoms. The standard InChI is InChI=1S/C15H14N2O/c1-3-12-6-4-8-14(10-12)17-11-13-7-5-9-16-15(13)18-2/h1,4-10,17H,11H2,2H3. The molecule has 0 spiro atoms. The zero-order valence-corrected chi connectivity index (χ0v) is 10.2. The molecule has 0 aliphatic rings. The number of nitrogens with one attached hydrogen (secondary N) is 1. The van der Waals surface area contributed by atoms with Crippen LogP contribution < -0.4 is 10.1 Å². The third kappa shape index (κ3) is 2.80. The van der Waals surface area contributed by atoms with E-state index in [0.717, 1.165) is 16.8 Å². The Balaban J connectivity index is 2.09. The van der Waals surface area contributed by atoms with E-state index in [1.807, 2.05) is 36.4 Å². The Labute approximate surface area is 107 Å². The molecule has 18 heavy (non-hydrogen) atoms. The summed E-state index contributed by atoms with van der Waals surface area (Å²) in [6.45, 7) is 0.644. The molecule has 2 aromatic rings. The first-order valence-electron chi connectivity index (χ1n) is 5.62. The summed E-state index contributed by atoms with van der Waals surface area (Å²) in [5.41, 5.74) is 2.85. The number of terminal acetylenes is 1. The van der Waals surface area contributed by atoms with Crippen LogP contribution in [0, 0.1) is 12.3 Å². The van der Waals surface area contributed by atoms with Gasteiger partial charge in [-0.1, -0.05) is 18.1 Å². The maximum Gasteiger partial charge on any atom is 0.218 e. The fraction of sp³-hybridized carbons (Fsp3) is 0.133. The van der Waals surface area contributed by atoms with Crippen LogP contribution in [0.4, 0.5) is 5.69 Å². The van der Waals surface area contributed by atoms with Crippen molar-refractivity contribution in [2.45, 2.75) is 6.54 Å². The molecule has 0 aliphatic heterocycles. The van der Waals surface area contributed by atoms with Gasteiger partial charge in [0.2, 0.25) is 5.88 Å². The lowest BCUT2D eigenvalue weighted by molar-refractivity contribution is 0.393. The van der Waals surface area contributed by atoms with E-state index in [1.165, 1.54) is 0 Å². The number of rotatable bonds is 4. The topological polar surface area (TPSA) is 34.2 Å². The van der Waals surface area contributed by atoms with Crippen molar-refractivity contribution in [1.29, 1.82) is 0 Å². The van der Waals surface area contributed by atoms with Crippen LogP contribution in [0.2, 0.25) is 0 Å². The van der Waals surface area contributed by atoms with E-state index >= 15 is 0 Å². The highest BCUT2D eigenvalue weighted by Crippen LogP contribution is 2.16. The monoisotopic (exact) mass is 238 g/mol. The molecular formula is C15H14N2O. The van der Waals surface area contributed by atoms with Crippen molar-refractivity contribution in [2.75, 3.05) is 12.4 Å². The molecule has 0 radical (unpaired) electrons. The highest BCUT2D eigenvalue weighted by Gasteiger charge is 2.02. The molecule has 0 unspecified atom stereocenters. The molecule has 1 aromatic carbocycles. The van der Waals surface area contributed by atoms with Gasteiger partial charge in [0.1, 0.15) is 0 Å². The number of benzene rings is 1. The van der Waals surface area contributed by atoms with Gasteiger partial charge >= 0.3 is 0 Å². The van der Waals surface area contributed by atoms with Crippen molar-refractivity contribution in [1.82, 2.24) is 4.98 Å². The van der Waals surface area contributed by atoms with E-state index in [0.29, 0.717) is 12.4 Å². The summed E-state index contributed by atoms with van der Waals surface area (Å²) in [7, 11) is 1.62. The third-order valence-corrected chi connectivity index (χ3v) is 2.56. The van der Waals surface area contributed by atoms with Crippen LogP contribution in [0.25, 0.3) is 0 Å². The first-order valence-corrected chi connectivity index (χ1v) is 5.62. The highest BCUT2D eigenvalue weighted by molar-refractivity contribution is 5.50. The lowest BCUT2D eigenvalue weighted by atomic mass is 10.2. The predicted octanol–water partition coefficient (Wildman–Crippen LogP) is 2.68. The molecule has 0 aliphatic carbocycles. The number of methoxy groups -OCH3 is 1. The van der Waals surface area contributed by atoms with E-state index in [4.69, 9.17) is 11.2 Å². The maximum atomic E-state index is 5.36. The summed E-state index contributed by atoms with van der Waals surface area (Å²) in [5.74, 6) is 3.25. The van der Waals surface area contributed by atoms with Crippen molar-refractivity contribution in [3.05, 3.63) is 53.7 Å². The first kappa shape index (κ1) is 12.0. The number of aromatic nitrogens is 1. The second-order valence-corrected chi connectivity index (χ2v) is 3.75. The number of hydrogen-bond donors (Lipinski definition) is 1. The predicted molar refractivity (Wildman–Crippen MR) is 72.5 cm³/mol. The average Bonchev–Trinajstić information content (AvgIpc) is 2.45. The van der Waals surface area contributed by atoms with Crippen LogP contribution in [-0.2, 0) is 6.54 Å². The number of hydrogen-bond acceptors (Lipinski definition) is 3. The smallest absolute Gasteiger partial charge is 0.218 e. The quantitative estimate of drug-likeness (QED) is 0.831. The molecule has 0 saturated carbocycles. The number of anilines is 1. The summed E-state index contributed by atoms with van der Waals surface area (Å²) in [5, 5.41) is 3.29. The summed E-state index contributed by atoms with van der Waals surface area (Å²) >= 11 is 0. The van der Waals surface area contributed by atoms with Crippen molar-refractivity contribution in [2.24, 2.45) is 0 Å². The van der Waals surface area contributed by atoms with Gasteiger partial charge in [-0.2, -0.15) is 0 Å². The Morgan fingerprint density at radius 1 is 1.33 bits per heavy atom. The van der Waals surface area contributed by atoms with E-state index < -0.39 is 0 Å². The summed E-state index contributed by atoms with van der Waals surface area (Å²) < 4.78 is 5.20. The summed E-state index contributed by atoms with van der Waals surface area (Å²) in [6.07, 6.45) is 7.07. The second-order valence-electron chi connectivity index (χ2n) is 3.75. The minimum atomic E-state index is 0.637. The second kappa shape index (κ2) is 5.74. The van der Waals surface area contributed by atoms with Crippen molar-refractivity contribution >= 4 is 5.69 Å². The zero-order chi connectivity index (χ0) is 12.8. The largest absolute Gasteiger partial charge is 0.481 e. The van der Waals surface area contributed by atoms with Crippen molar-refractivity contribution < 1.29 is 4.74 Å². The number of nitrogens with zero attached hydrogens (tertiary/aromatic N) is 1. The molecule has 0 saturated heterocycles. The van der Waals surface area contributed by atoms with E-state index in [1.54, 1.807) is 13.3 Å². The van der Waals surface area contributed by atoms with Gasteiger partial charge in [0.05, 0.1) is 7.11 Å². The van der Waals surface area contributed by atoms with Crippen LogP contribution in [-0.4, -0.2) is 12.1 Å². The van der Waals surface area contributed by atoms with Gasteiger partial charge < -0.3 is 10.1 Å². The van der Waals surface area contributed by atoms with Crippen LogP contribution in [0.15, 0.2) is 42.6 Å². The Kier molecular flexibility index (Phi) is 3.83. The van der Waals surface area contributed by atoms with Gasteiger partial charge in [0.25, 0.3) is 0 Å². The van der Waals surface area contributed by atoms with Gasteiger partial charge in [0.15, 0.2) is 0 Å². The Bertz CT molecular complexity index is 573. The minimum Gasteiger partial charge on any atom is -0.481 e. The minimum absolute atomic E-state index is 0.637. The first-order chi connectivity index (χ1) is 8.83. The fourth-order valence-electron chi connectivity index (χ4n) is 1.66. The molecular weight excluding hydrogens is 224 g/mol. The van der Waals surface area contributed by atoms with Crippen molar-refractivity contribution in [3.8, 4) is 18.2 Å². The number of ether oxygens (including phenoxy) is 1. The van der Waals surface area contributed by atoms with Gasteiger partial charge in [-0.25, -0.2) is 4.98 Å². The van der Waals surface area contributed by atoms with Crippen LogP contribution in [0.3, 0.4) is 0 Å². The molecule has 0 fully saturated rings. The Morgan fingerprint density at radius 3 is 3.00 bits per heavy atom. The summed E-state index contributed by atoms with van der Waals surface area (Å²) in [4.78, 5) is 4.15. The van der Waals surface area contributed by atoms with Gasteiger partial charge in [-0.05, 0) is 24.3 Å². The van der Waals surface area contributed by atoms with Crippen LogP contribution in [0.5, 0.6) is 5.88 Å². The maximum absolute atomic E-state index is 5.36. The molecule has 0 amide bonds. The zero-order valence-electron chi connectivity index (χ0n) is 10.2. The lowest BCUT2D eigenvalue weighted by Crippen LogP contribution is -2.02. The molecule has 3 nitrogen and oxygen atoms in total. The van der Waals surface area contributed by atoms with Gasteiger partial charge in [-0.15, -0.1) is 6.42 Å². The van der Waals surface area contributed by atoms with E-state index in [9.17, 15) is 0 Å². The molecule has 90 valence electrons. The van der Waals surface area contributed by atoms with E-state index in [2.05, 4.69) is 16.2 Å². The van der Waals surface area contributed by atoms with Gasteiger partial charge in [-0.3, -0.25) is 0 Å². The third-order valence-electron chi connectivity index (χ3n) is 2.56. The molecule has 0 bridgehead atoms.